The van der Waals surface area contributed by atoms with Gasteiger partial charge in [-0.25, -0.2) is 13.9 Å². The number of aromatic nitrogens is 3. The number of nitrogens with one attached hydrogen (secondary N) is 2. The minimum absolute atomic E-state index is 0.261. The van der Waals surface area contributed by atoms with Gasteiger partial charge in [-0.1, -0.05) is 12.1 Å². The van der Waals surface area contributed by atoms with Crippen molar-refractivity contribution in [1.82, 2.24) is 14.6 Å². The number of aryl methyl sites for hydroxylation is 1. The first-order valence-corrected chi connectivity index (χ1v) is 10.2. The van der Waals surface area contributed by atoms with Crippen molar-refractivity contribution in [3.05, 3.63) is 71.7 Å². The van der Waals surface area contributed by atoms with Gasteiger partial charge in [0, 0.05) is 29.4 Å². The lowest BCUT2D eigenvalue weighted by Gasteiger charge is -2.13. The standard InChI is InChI=1S/C23H20F4N6O/c1-13-9-14(5-6-17(13)21(28)34)19-12-30-22-18(29-8-7-23(25,26)27)11-20(32-33(19)22)31-16-4-2-3-15(24)10-16/h2-6,9-12,29H,7-8H2,1H3,(H2,28,34)(H,31,32). The van der Waals surface area contributed by atoms with Gasteiger partial charge in [0.15, 0.2) is 11.5 Å². The van der Waals surface area contributed by atoms with E-state index < -0.39 is 24.3 Å². The molecule has 0 spiro atoms. The Morgan fingerprint density at radius 2 is 1.94 bits per heavy atom. The second-order valence-electron chi connectivity index (χ2n) is 7.64. The molecule has 0 atom stereocenters. The maximum Gasteiger partial charge on any atom is 0.390 e. The van der Waals surface area contributed by atoms with Crippen molar-refractivity contribution in [2.24, 2.45) is 5.73 Å². The van der Waals surface area contributed by atoms with Gasteiger partial charge in [-0.05, 0) is 42.8 Å². The first kappa shape index (κ1) is 23.0. The van der Waals surface area contributed by atoms with Crippen LogP contribution >= 0.6 is 0 Å². The van der Waals surface area contributed by atoms with E-state index in [1.54, 1.807) is 31.2 Å². The van der Waals surface area contributed by atoms with Crippen LogP contribution in [0, 0.1) is 12.7 Å². The zero-order chi connectivity index (χ0) is 24.5. The van der Waals surface area contributed by atoms with Crippen LogP contribution in [-0.4, -0.2) is 33.2 Å². The van der Waals surface area contributed by atoms with Crippen molar-refractivity contribution in [1.29, 1.82) is 0 Å². The highest BCUT2D eigenvalue weighted by Crippen LogP contribution is 2.29. The number of halogens is 4. The molecular formula is C23H20F4N6O. The summed E-state index contributed by atoms with van der Waals surface area (Å²) in [5.74, 6) is -0.752. The summed E-state index contributed by atoms with van der Waals surface area (Å²) >= 11 is 0. The van der Waals surface area contributed by atoms with Gasteiger partial charge < -0.3 is 16.4 Å². The molecule has 0 unspecified atom stereocenters. The average Bonchev–Trinajstić information content (AvgIpc) is 3.16. The molecule has 1 amide bonds. The molecule has 2 aromatic carbocycles. The largest absolute Gasteiger partial charge is 0.390 e. The number of benzene rings is 2. The number of amides is 1. The molecule has 2 heterocycles. The molecule has 0 aliphatic carbocycles. The smallest absolute Gasteiger partial charge is 0.382 e. The molecule has 2 aromatic heterocycles. The van der Waals surface area contributed by atoms with Gasteiger partial charge in [0.25, 0.3) is 0 Å². The number of fused-ring (bicyclic) bond motifs is 1. The monoisotopic (exact) mass is 472 g/mol. The summed E-state index contributed by atoms with van der Waals surface area (Å²) in [6.45, 7) is 1.37. The Balaban J connectivity index is 1.78. The highest BCUT2D eigenvalue weighted by Gasteiger charge is 2.26. The number of carbonyl (C=O) groups excluding carboxylic acids is 1. The first-order valence-electron chi connectivity index (χ1n) is 10.2. The SMILES string of the molecule is Cc1cc(-c2cnc3c(NCCC(F)(F)F)cc(Nc4cccc(F)c4)nn23)ccc1C(N)=O. The van der Waals surface area contributed by atoms with Crippen LogP contribution in [0.15, 0.2) is 54.7 Å². The first-order chi connectivity index (χ1) is 16.1. The third kappa shape index (κ3) is 5.08. The fourth-order valence-corrected chi connectivity index (χ4v) is 3.51. The molecule has 0 fully saturated rings. The Kier molecular flexibility index (Phi) is 6.10. The number of imidazole rings is 1. The van der Waals surface area contributed by atoms with E-state index in [-0.39, 0.29) is 12.4 Å². The molecule has 176 valence electrons. The third-order valence-corrected chi connectivity index (χ3v) is 5.08. The second kappa shape index (κ2) is 9.00. The topological polar surface area (TPSA) is 97.3 Å². The van der Waals surface area contributed by atoms with Crippen molar-refractivity contribution in [3.63, 3.8) is 0 Å². The number of anilines is 3. The van der Waals surface area contributed by atoms with E-state index in [0.29, 0.717) is 39.4 Å². The van der Waals surface area contributed by atoms with Gasteiger partial charge in [-0.3, -0.25) is 4.79 Å². The highest BCUT2D eigenvalue weighted by molar-refractivity contribution is 5.95. The van der Waals surface area contributed by atoms with E-state index >= 15 is 0 Å². The number of primary amides is 1. The molecule has 0 radical (unpaired) electrons. The van der Waals surface area contributed by atoms with E-state index in [2.05, 4.69) is 20.7 Å². The molecular weight excluding hydrogens is 452 g/mol. The Hall–Kier alpha value is -4.15. The van der Waals surface area contributed by atoms with Crippen LogP contribution < -0.4 is 16.4 Å². The van der Waals surface area contributed by atoms with E-state index in [1.165, 1.54) is 35.0 Å². The number of alkyl halides is 3. The molecule has 0 aliphatic heterocycles. The van der Waals surface area contributed by atoms with Crippen molar-refractivity contribution in [2.45, 2.75) is 19.5 Å². The second-order valence-corrected chi connectivity index (χ2v) is 7.64. The van der Waals surface area contributed by atoms with Gasteiger partial charge >= 0.3 is 6.18 Å². The van der Waals surface area contributed by atoms with Crippen LogP contribution in [0.5, 0.6) is 0 Å². The summed E-state index contributed by atoms with van der Waals surface area (Å²) < 4.78 is 53.1. The number of nitrogens with two attached hydrogens (primary N) is 1. The normalized spacial score (nSPS) is 11.6. The predicted molar refractivity (Wildman–Crippen MR) is 121 cm³/mol. The lowest BCUT2D eigenvalue weighted by Crippen LogP contribution is -2.15. The zero-order valence-electron chi connectivity index (χ0n) is 17.9. The summed E-state index contributed by atoms with van der Waals surface area (Å²) in [6, 6.07) is 12.2. The molecule has 0 bridgehead atoms. The number of carbonyl (C=O) groups is 1. The van der Waals surface area contributed by atoms with Crippen LogP contribution in [0.3, 0.4) is 0 Å². The number of hydrogen-bond acceptors (Lipinski definition) is 5. The Morgan fingerprint density at radius 3 is 2.62 bits per heavy atom. The number of hydrogen-bond donors (Lipinski definition) is 3. The lowest BCUT2D eigenvalue weighted by atomic mass is 10.0. The van der Waals surface area contributed by atoms with Gasteiger partial charge in [-0.2, -0.15) is 13.2 Å². The fourth-order valence-electron chi connectivity index (χ4n) is 3.51. The minimum Gasteiger partial charge on any atom is -0.382 e. The molecule has 4 rings (SSSR count). The van der Waals surface area contributed by atoms with E-state index in [1.807, 2.05) is 0 Å². The fraction of sp³-hybridized carbons (Fsp3) is 0.174. The van der Waals surface area contributed by atoms with Gasteiger partial charge in [0.2, 0.25) is 5.91 Å². The summed E-state index contributed by atoms with van der Waals surface area (Å²) in [5.41, 5.74) is 8.64. The van der Waals surface area contributed by atoms with Crippen molar-refractivity contribution >= 4 is 28.7 Å². The maximum absolute atomic E-state index is 13.6. The number of rotatable bonds is 7. The lowest BCUT2D eigenvalue weighted by molar-refractivity contribution is -0.131. The van der Waals surface area contributed by atoms with Crippen molar-refractivity contribution < 1.29 is 22.4 Å². The Bertz CT molecular complexity index is 1370. The molecule has 7 nitrogen and oxygen atoms in total. The summed E-state index contributed by atoms with van der Waals surface area (Å²) in [4.78, 5) is 15.9. The molecule has 0 saturated carbocycles. The van der Waals surface area contributed by atoms with Crippen LogP contribution in [0.2, 0.25) is 0 Å². The zero-order valence-corrected chi connectivity index (χ0v) is 17.9. The van der Waals surface area contributed by atoms with Gasteiger partial charge in [0.1, 0.15) is 5.82 Å². The molecule has 0 aliphatic rings. The Labute approximate surface area is 191 Å². The molecule has 34 heavy (non-hydrogen) atoms. The number of nitrogens with zero attached hydrogens (tertiary/aromatic N) is 3. The van der Waals surface area contributed by atoms with Crippen LogP contribution in [0.25, 0.3) is 16.9 Å². The van der Waals surface area contributed by atoms with E-state index in [4.69, 9.17) is 5.73 Å². The van der Waals surface area contributed by atoms with E-state index in [0.717, 1.165) is 0 Å². The van der Waals surface area contributed by atoms with Crippen LogP contribution in [0.1, 0.15) is 22.3 Å². The minimum atomic E-state index is -4.32. The molecule has 0 saturated heterocycles. The van der Waals surface area contributed by atoms with Crippen molar-refractivity contribution in [3.8, 4) is 11.3 Å². The molecule has 4 N–H and O–H groups in total. The predicted octanol–water partition coefficient (Wildman–Crippen LogP) is 5.05. The van der Waals surface area contributed by atoms with Crippen molar-refractivity contribution in [2.75, 3.05) is 17.2 Å². The third-order valence-electron chi connectivity index (χ3n) is 5.08. The molecule has 11 heteroatoms. The maximum atomic E-state index is 13.6. The quantitative estimate of drug-likeness (QED) is 0.327. The van der Waals surface area contributed by atoms with Crippen LogP contribution in [0.4, 0.5) is 34.8 Å². The van der Waals surface area contributed by atoms with Gasteiger partial charge in [0.05, 0.1) is 24.0 Å². The molecule has 4 aromatic rings. The Morgan fingerprint density at radius 1 is 1.15 bits per heavy atom. The summed E-state index contributed by atoms with van der Waals surface area (Å²) in [6.07, 6.45) is -3.82. The van der Waals surface area contributed by atoms with Gasteiger partial charge in [-0.15, -0.1) is 5.10 Å². The van der Waals surface area contributed by atoms with Crippen LogP contribution in [-0.2, 0) is 0 Å². The summed E-state index contributed by atoms with van der Waals surface area (Å²) in [5, 5.41) is 10.2. The highest BCUT2D eigenvalue weighted by atomic mass is 19.4. The average molecular weight is 472 g/mol. The summed E-state index contributed by atoms with van der Waals surface area (Å²) in [7, 11) is 0. The van der Waals surface area contributed by atoms with E-state index in [9.17, 15) is 22.4 Å².